The van der Waals surface area contributed by atoms with Crippen molar-refractivity contribution >= 4 is 12.2 Å². The van der Waals surface area contributed by atoms with E-state index in [1.807, 2.05) is 0 Å². The highest BCUT2D eigenvalue weighted by atomic mass is 32.1. The zero-order valence-corrected chi connectivity index (χ0v) is 15.9. The molecule has 0 unspecified atom stereocenters. The van der Waals surface area contributed by atoms with Crippen molar-refractivity contribution in [2.45, 2.75) is 64.0 Å². The molecule has 0 bridgehead atoms. The number of ether oxygens (including phenoxy) is 1. The van der Waals surface area contributed by atoms with Gasteiger partial charge in [-0.3, -0.25) is 0 Å². The summed E-state index contributed by atoms with van der Waals surface area (Å²) in [7, 11) is 0. The van der Waals surface area contributed by atoms with Crippen molar-refractivity contribution in [3.8, 4) is 11.4 Å². The molecule has 25 heavy (non-hydrogen) atoms. The summed E-state index contributed by atoms with van der Waals surface area (Å²) >= 11 is 5.68. The van der Waals surface area contributed by atoms with Gasteiger partial charge in [-0.2, -0.15) is 0 Å². The topological polar surface area (TPSA) is 27.1 Å². The molecule has 1 aromatic heterocycles. The zero-order chi connectivity index (χ0) is 17.4. The Morgan fingerprint density at radius 1 is 1.16 bits per heavy atom. The van der Waals surface area contributed by atoms with E-state index in [1.165, 1.54) is 24.1 Å². The summed E-state index contributed by atoms with van der Waals surface area (Å²) in [6, 6.07) is 10.9. The van der Waals surface area contributed by atoms with Crippen molar-refractivity contribution in [3.63, 3.8) is 0 Å². The van der Waals surface area contributed by atoms with E-state index in [1.54, 1.807) is 0 Å². The molecule has 4 heteroatoms. The molecule has 2 aromatic rings. The second kappa shape index (κ2) is 6.65. The number of rotatable bonds is 2. The van der Waals surface area contributed by atoms with Crippen LogP contribution in [0.3, 0.4) is 0 Å². The van der Waals surface area contributed by atoms with E-state index < -0.39 is 0 Å². The Bertz CT molecular complexity index is 826. The van der Waals surface area contributed by atoms with Gasteiger partial charge in [-0.25, -0.2) is 4.98 Å². The predicted octanol–water partition coefficient (Wildman–Crippen LogP) is 5.29. The minimum Gasteiger partial charge on any atom is -0.375 e. The molecule has 1 aliphatic heterocycles. The molecule has 4 rings (SSSR count). The third kappa shape index (κ3) is 3.30. The van der Waals surface area contributed by atoms with Gasteiger partial charge >= 0.3 is 0 Å². The Morgan fingerprint density at radius 3 is 2.68 bits per heavy atom. The second-order valence-corrected chi connectivity index (χ2v) is 8.25. The molecule has 1 aromatic carbocycles. The first-order valence-corrected chi connectivity index (χ1v) is 9.80. The van der Waals surface area contributed by atoms with Crippen LogP contribution in [-0.4, -0.2) is 21.8 Å². The Morgan fingerprint density at radius 2 is 1.92 bits per heavy atom. The van der Waals surface area contributed by atoms with E-state index >= 15 is 0 Å². The van der Waals surface area contributed by atoms with E-state index in [2.05, 4.69) is 48.7 Å². The average Bonchev–Trinajstić information content (AvgIpc) is 2.61. The molecule has 1 fully saturated rings. The summed E-state index contributed by atoms with van der Waals surface area (Å²) in [5.41, 5.74) is 3.81. The molecule has 0 radical (unpaired) electrons. The van der Waals surface area contributed by atoms with Crippen LogP contribution in [0.2, 0.25) is 0 Å². The van der Waals surface area contributed by atoms with Gasteiger partial charge in [0.2, 0.25) is 0 Å². The summed E-state index contributed by atoms with van der Waals surface area (Å²) in [5, 5.41) is 0. The van der Waals surface area contributed by atoms with Crippen LogP contribution >= 0.6 is 12.2 Å². The van der Waals surface area contributed by atoms with Crippen LogP contribution in [0, 0.1) is 4.64 Å². The molecule has 1 aliphatic carbocycles. The van der Waals surface area contributed by atoms with Crippen molar-refractivity contribution in [1.29, 1.82) is 0 Å². The van der Waals surface area contributed by atoms with Gasteiger partial charge in [0.25, 0.3) is 0 Å². The summed E-state index contributed by atoms with van der Waals surface area (Å²) in [6.07, 6.45) is 6.71. The second-order valence-electron chi connectivity index (χ2n) is 7.86. The fraction of sp³-hybridized carbons (Fsp3) is 0.524. The van der Waals surface area contributed by atoms with Gasteiger partial charge in [0, 0.05) is 29.5 Å². The minimum atomic E-state index is -0.0853. The van der Waals surface area contributed by atoms with Crippen LogP contribution in [0.5, 0.6) is 0 Å². The van der Waals surface area contributed by atoms with Gasteiger partial charge in [0.1, 0.15) is 10.5 Å². The molecule has 0 N–H and O–H groups in total. The van der Waals surface area contributed by atoms with Crippen LogP contribution in [0.25, 0.3) is 11.4 Å². The SMILES string of the molecule is CC1(C)C[C@H](n2c(-c3ccccc3)nc(=S)c3c2CCCC3)CCO1. The van der Waals surface area contributed by atoms with E-state index in [0.29, 0.717) is 6.04 Å². The van der Waals surface area contributed by atoms with Gasteiger partial charge in [-0.05, 0) is 52.4 Å². The van der Waals surface area contributed by atoms with Crippen molar-refractivity contribution in [1.82, 2.24) is 9.55 Å². The lowest BCUT2D eigenvalue weighted by Crippen LogP contribution is -2.37. The number of hydrogen-bond donors (Lipinski definition) is 0. The Kier molecular flexibility index (Phi) is 4.50. The molecule has 1 saturated heterocycles. The first-order chi connectivity index (χ1) is 12.1. The smallest absolute Gasteiger partial charge is 0.142 e. The number of hydrogen-bond acceptors (Lipinski definition) is 3. The van der Waals surface area contributed by atoms with Gasteiger partial charge in [-0.1, -0.05) is 42.5 Å². The maximum absolute atomic E-state index is 5.98. The molecule has 2 heterocycles. The average molecular weight is 355 g/mol. The molecule has 0 saturated carbocycles. The van der Waals surface area contributed by atoms with E-state index in [4.69, 9.17) is 21.9 Å². The summed E-state index contributed by atoms with van der Waals surface area (Å²) in [4.78, 5) is 4.92. The van der Waals surface area contributed by atoms with Crippen LogP contribution in [-0.2, 0) is 17.6 Å². The molecule has 3 nitrogen and oxygen atoms in total. The molecule has 0 spiro atoms. The van der Waals surface area contributed by atoms with Crippen LogP contribution in [0.1, 0.15) is 56.8 Å². The third-order valence-corrected chi connectivity index (χ3v) is 5.83. The Balaban J connectivity index is 1.92. The van der Waals surface area contributed by atoms with Gasteiger partial charge in [0.15, 0.2) is 0 Å². The number of fused-ring (bicyclic) bond motifs is 1. The van der Waals surface area contributed by atoms with Crippen LogP contribution in [0.4, 0.5) is 0 Å². The molecule has 1 atom stereocenters. The van der Waals surface area contributed by atoms with E-state index in [0.717, 1.165) is 48.3 Å². The third-order valence-electron chi connectivity index (χ3n) is 5.49. The lowest BCUT2D eigenvalue weighted by molar-refractivity contribution is -0.0694. The first kappa shape index (κ1) is 16.9. The number of benzene rings is 1. The lowest BCUT2D eigenvalue weighted by atomic mass is 9.90. The van der Waals surface area contributed by atoms with Gasteiger partial charge in [0.05, 0.1) is 5.60 Å². The lowest BCUT2D eigenvalue weighted by Gasteiger charge is -2.39. The molecule has 0 amide bonds. The molecule has 2 aliphatic rings. The van der Waals surface area contributed by atoms with Crippen LogP contribution in [0.15, 0.2) is 30.3 Å². The summed E-state index contributed by atoms with van der Waals surface area (Å²) < 4.78 is 9.30. The molecular formula is C21H26N2OS. The molecule has 132 valence electrons. The zero-order valence-electron chi connectivity index (χ0n) is 15.1. The predicted molar refractivity (Wildman–Crippen MR) is 103 cm³/mol. The summed E-state index contributed by atoms with van der Waals surface area (Å²) in [5.74, 6) is 1.04. The maximum atomic E-state index is 5.98. The maximum Gasteiger partial charge on any atom is 0.142 e. The summed E-state index contributed by atoms with van der Waals surface area (Å²) in [6.45, 7) is 5.20. The van der Waals surface area contributed by atoms with Crippen molar-refractivity contribution < 1.29 is 4.74 Å². The van der Waals surface area contributed by atoms with Gasteiger partial charge < -0.3 is 9.30 Å². The van der Waals surface area contributed by atoms with E-state index in [9.17, 15) is 0 Å². The highest BCUT2D eigenvalue weighted by Crippen LogP contribution is 2.38. The number of nitrogens with zero attached hydrogens (tertiary/aromatic N) is 2. The monoisotopic (exact) mass is 354 g/mol. The molecular weight excluding hydrogens is 328 g/mol. The van der Waals surface area contributed by atoms with Crippen molar-refractivity contribution in [3.05, 3.63) is 46.2 Å². The van der Waals surface area contributed by atoms with Gasteiger partial charge in [-0.15, -0.1) is 0 Å². The normalized spacial score (nSPS) is 22.4. The minimum absolute atomic E-state index is 0.0853. The highest BCUT2D eigenvalue weighted by Gasteiger charge is 2.33. The quantitative estimate of drug-likeness (QED) is 0.686. The Labute approximate surface area is 155 Å². The van der Waals surface area contributed by atoms with E-state index in [-0.39, 0.29) is 5.60 Å². The number of aromatic nitrogens is 2. The fourth-order valence-electron chi connectivity index (χ4n) is 4.34. The van der Waals surface area contributed by atoms with Crippen molar-refractivity contribution in [2.24, 2.45) is 0 Å². The first-order valence-electron chi connectivity index (χ1n) is 9.39. The van der Waals surface area contributed by atoms with Crippen molar-refractivity contribution in [2.75, 3.05) is 6.61 Å². The highest BCUT2D eigenvalue weighted by molar-refractivity contribution is 7.71. The Hall–Kier alpha value is -1.52. The standard InChI is InChI=1S/C21H26N2OS/c1-21(2)14-16(12-13-24-21)23-18-11-7-6-10-17(18)20(25)22-19(23)15-8-4-3-5-9-15/h3-5,8-9,16H,6-7,10-14H2,1-2H3/t16-/m1/s1. The van der Waals surface area contributed by atoms with Crippen LogP contribution < -0.4 is 0 Å². The largest absolute Gasteiger partial charge is 0.375 e. The fourth-order valence-corrected chi connectivity index (χ4v) is 4.64.